The fourth-order valence-electron chi connectivity index (χ4n) is 3.64. The number of amides is 1. The van der Waals surface area contributed by atoms with Crippen LogP contribution in [0.3, 0.4) is 0 Å². The normalized spacial score (nSPS) is 26.4. The highest BCUT2D eigenvalue weighted by Gasteiger charge is 2.46. The average molecular weight is 317 g/mol. The number of fused-ring (bicyclic) bond motifs is 1. The molecule has 1 aromatic carbocycles. The predicted octanol–water partition coefficient (Wildman–Crippen LogP) is 0.718. The van der Waals surface area contributed by atoms with Gasteiger partial charge in [0, 0.05) is 25.2 Å². The van der Waals surface area contributed by atoms with Gasteiger partial charge in [-0.05, 0) is 36.7 Å². The summed E-state index contributed by atoms with van der Waals surface area (Å²) in [5.74, 6) is -0.614. The van der Waals surface area contributed by atoms with Gasteiger partial charge >= 0.3 is 0 Å². The molecule has 0 bridgehead atoms. The SMILES string of the molecule is CN1CCc2cc(NC(=O)C3CC4(CN3)OCCO4)ccc2C1. The van der Waals surface area contributed by atoms with Crippen molar-refractivity contribution in [2.24, 2.45) is 0 Å². The molecule has 2 fully saturated rings. The van der Waals surface area contributed by atoms with E-state index in [1.165, 1.54) is 11.1 Å². The fourth-order valence-corrected chi connectivity index (χ4v) is 3.64. The Balaban J connectivity index is 1.41. The molecule has 0 aliphatic carbocycles. The van der Waals surface area contributed by atoms with Crippen LogP contribution in [0.15, 0.2) is 18.2 Å². The number of ether oxygens (including phenoxy) is 2. The molecule has 3 heterocycles. The average Bonchev–Trinajstić information content (AvgIpc) is 3.18. The summed E-state index contributed by atoms with van der Waals surface area (Å²) in [4.78, 5) is 14.8. The highest BCUT2D eigenvalue weighted by molar-refractivity contribution is 5.95. The van der Waals surface area contributed by atoms with Crippen molar-refractivity contribution >= 4 is 11.6 Å². The number of hydrogen-bond acceptors (Lipinski definition) is 5. The zero-order valence-electron chi connectivity index (χ0n) is 13.4. The van der Waals surface area contributed by atoms with Crippen molar-refractivity contribution < 1.29 is 14.3 Å². The van der Waals surface area contributed by atoms with Crippen LogP contribution >= 0.6 is 0 Å². The van der Waals surface area contributed by atoms with Gasteiger partial charge in [0.15, 0.2) is 5.79 Å². The van der Waals surface area contributed by atoms with Crippen molar-refractivity contribution in [1.29, 1.82) is 0 Å². The Morgan fingerprint density at radius 2 is 2.17 bits per heavy atom. The molecule has 4 rings (SSSR count). The van der Waals surface area contributed by atoms with E-state index in [0.29, 0.717) is 26.2 Å². The third-order valence-corrected chi connectivity index (χ3v) is 4.94. The first-order valence-corrected chi connectivity index (χ1v) is 8.26. The summed E-state index contributed by atoms with van der Waals surface area (Å²) in [5.41, 5.74) is 3.55. The second kappa shape index (κ2) is 5.87. The van der Waals surface area contributed by atoms with E-state index >= 15 is 0 Å². The van der Waals surface area contributed by atoms with Crippen LogP contribution in [-0.4, -0.2) is 56.0 Å². The molecule has 0 radical (unpaired) electrons. The quantitative estimate of drug-likeness (QED) is 0.841. The number of carbonyl (C=O) groups excluding carboxylic acids is 1. The van der Waals surface area contributed by atoms with Gasteiger partial charge in [-0.2, -0.15) is 0 Å². The Kier molecular flexibility index (Phi) is 3.85. The van der Waals surface area contributed by atoms with Crippen molar-refractivity contribution in [3.05, 3.63) is 29.3 Å². The summed E-state index contributed by atoms with van der Waals surface area (Å²) >= 11 is 0. The summed E-state index contributed by atoms with van der Waals surface area (Å²) in [6.45, 7) is 3.82. The molecule has 6 nitrogen and oxygen atoms in total. The summed E-state index contributed by atoms with van der Waals surface area (Å²) in [7, 11) is 2.13. The van der Waals surface area contributed by atoms with Gasteiger partial charge < -0.3 is 25.0 Å². The Labute approximate surface area is 136 Å². The molecule has 2 saturated heterocycles. The van der Waals surface area contributed by atoms with Crippen molar-refractivity contribution in [3.63, 3.8) is 0 Å². The molecule has 3 aliphatic rings. The monoisotopic (exact) mass is 317 g/mol. The van der Waals surface area contributed by atoms with Gasteiger partial charge in [-0.15, -0.1) is 0 Å². The molecule has 1 atom stereocenters. The first kappa shape index (κ1) is 15.1. The maximum absolute atomic E-state index is 12.5. The van der Waals surface area contributed by atoms with E-state index in [0.717, 1.165) is 25.2 Å². The van der Waals surface area contributed by atoms with Crippen molar-refractivity contribution in [2.45, 2.75) is 31.2 Å². The minimum atomic E-state index is -0.595. The number of likely N-dealkylation sites (N-methyl/N-ethyl adjacent to an activating group) is 1. The van der Waals surface area contributed by atoms with E-state index in [4.69, 9.17) is 9.47 Å². The van der Waals surface area contributed by atoms with Crippen LogP contribution in [0.5, 0.6) is 0 Å². The van der Waals surface area contributed by atoms with Crippen LogP contribution in [0.1, 0.15) is 17.5 Å². The van der Waals surface area contributed by atoms with Crippen LogP contribution in [0, 0.1) is 0 Å². The highest BCUT2D eigenvalue weighted by atomic mass is 16.7. The molecule has 6 heteroatoms. The smallest absolute Gasteiger partial charge is 0.241 e. The second-order valence-corrected chi connectivity index (χ2v) is 6.71. The number of rotatable bonds is 2. The minimum absolute atomic E-state index is 0.0196. The van der Waals surface area contributed by atoms with E-state index in [1.807, 2.05) is 6.07 Å². The molecule has 1 unspecified atom stereocenters. The van der Waals surface area contributed by atoms with E-state index in [1.54, 1.807) is 0 Å². The van der Waals surface area contributed by atoms with E-state index in [-0.39, 0.29) is 11.9 Å². The van der Waals surface area contributed by atoms with Crippen LogP contribution in [0.4, 0.5) is 5.69 Å². The van der Waals surface area contributed by atoms with Gasteiger partial charge in [0.25, 0.3) is 0 Å². The molecule has 0 saturated carbocycles. The Hall–Kier alpha value is -1.47. The number of benzene rings is 1. The van der Waals surface area contributed by atoms with Crippen LogP contribution < -0.4 is 10.6 Å². The number of nitrogens with zero attached hydrogens (tertiary/aromatic N) is 1. The van der Waals surface area contributed by atoms with Crippen molar-refractivity contribution in [1.82, 2.24) is 10.2 Å². The fraction of sp³-hybridized carbons (Fsp3) is 0.588. The molecular weight excluding hydrogens is 294 g/mol. The Bertz CT molecular complexity index is 613. The molecule has 0 aromatic heterocycles. The molecule has 1 spiro atoms. The van der Waals surface area contributed by atoms with Gasteiger partial charge in [-0.3, -0.25) is 4.79 Å². The van der Waals surface area contributed by atoms with E-state index in [9.17, 15) is 4.79 Å². The maximum atomic E-state index is 12.5. The van der Waals surface area contributed by atoms with Gasteiger partial charge in [-0.25, -0.2) is 0 Å². The standard InChI is InChI=1S/C17H23N3O3/c1-20-5-4-12-8-14(3-2-13(12)10-20)19-16(21)15-9-17(11-18-15)22-6-7-23-17/h2-3,8,15,18H,4-7,9-11H2,1H3,(H,19,21). The second-order valence-electron chi connectivity index (χ2n) is 6.71. The zero-order chi connectivity index (χ0) is 15.9. The number of hydrogen-bond donors (Lipinski definition) is 2. The van der Waals surface area contributed by atoms with Crippen molar-refractivity contribution in [2.75, 3.05) is 38.7 Å². The Morgan fingerprint density at radius 3 is 3.00 bits per heavy atom. The summed E-state index contributed by atoms with van der Waals surface area (Å²) < 4.78 is 11.3. The van der Waals surface area contributed by atoms with E-state index in [2.05, 4.69) is 34.7 Å². The first-order chi connectivity index (χ1) is 11.1. The van der Waals surface area contributed by atoms with Crippen LogP contribution in [-0.2, 0) is 27.2 Å². The molecule has 1 aromatic rings. The molecule has 1 amide bonds. The molecule has 2 N–H and O–H groups in total. The van der Waals surface area contributed by atoms with Gasteiger partial charge in [0.1, 0.15) is 0 Å². The zero-order valence-corrected chi connectivity index (χ0v) is 13.4. The molecular formula is C17H23N3O3. The molecule has 3 aliphatic heterocycles. The summed E-state index contributed by atoms with van der Waals surface area (Å²) in [5, 5.41) is 6.23. The molecule has 124 valence electrons. The van der Waals surface area contributed by atoms with Gasteiger partial charge in [-0.1, -0.05) is 6.07 Å². The summed E-state index contributed by atoms with van der Waals surface area (Å²) in [6, 6.07) is 5.94. The largest absolute Gasteiger partial charge is 0.346 e. The minimum Gasteiger partial charge on any atom is -0.346 e. The lowest BCUT2D eigenvalue weighted by Gasteiger charge is -2.25. The number of carbonyl (C=O) groups is 1. The van der Waals surface area contributed by atoms with Crippen LogP contribution in [0.2, 0.25) is 0 Å². The lowest BCUT2D eigenvalue weighted by molar-refractivity contribution is -0.143. The topological polar surface area (TPSA) is 62.8 Å². The van der Waals surface area contributed by atoms with Crippen molar-refractivity contribution in [3.8, 4) is 0 Å². The van der Waals surface area contributed by atoms with E-state index < -0.39 is 5.79 Å². The summed E-state index contributed by atoms with van der Waals surface area (Å²) in [6.07, 6.45) is 1.59. The predicted molar refractivity (Wildman–Crippen MR) is 86.2 cm³/mol. The molecule has 23 heavy (non-hydrogen) atoms. The van der Waals surface area contributed by atoms with Crippen LogP contribution in [0.25, 0.3) is 0 Å². The Morgan fingerprint density at radius 1 is 1.35 bits per heavy atom. The third-order valence-electron chi connectivity index (χ3n) is 4.94. The third kappa shape index (κ3) is 2.99. The lowest BCUT2D eigenvalue weighted by Crippen LogP contribution is -2.35. The lowest BCUT2D eigenvalue weighted by atomic mass is 9.99. The van der Waals surface area contributed by atoms with Gasteiger partial charge in [0.05, 0.1) is 25.8 Å². The first-order valence-electron chi connectivity index (χ1n) is 8.26. The number of nitrogens with one attached hydrogen (secondary N) is 2. The highest BCUT2D eigenvalue weighted by Crippen LogP contribution is 2.29. The number of anilines is 1. The maximum Gasteiger partial charge on any atom is 0.241 e. The van der Waals surface area contributed by atoms with Gasteiger partial charge in [0.2, 0.25) is 5.91 Å².